The molecule has 2 aromatic rings. The van der Waals surface area contributed by atoms with E-state index in [0.29, 0.717) is 29.0 Å². The first-order chi connectivity index (χ1) is 12.9. The number of aliphatic imine (C=N–C) groups is 1. The number of benzene rings is 2. The van der Waals surface area contributed by atoms with E-state index in [9.17, 15) is 8.42 Å². The van der Waals surface area contributed by atoms with E-state index >= 15 is 0 Å². The number of likely N-dealkylation sites (N-methyl/N-ethyl adjacent to an activating group) is 1. The average Bonchev–Trinajstić information content (AvgIpc) is 2.67. The van der Waals surface area contributed by atoms with E-state index in [1.807, 2.05) is 24.1 Å². The van der Waals surface area contributed by atoms with E-state index in [0.717, 1.165) is 5.75 Å². The zero-order valence-corrected chi connectivity index (χ0v) is 19.7. The number of ether oxygens (including phenoxy) is 1. The zero-order chi connectivity index (χ0) is 19.7. The SMILES string of the molecule is CN=C(NCCS(=O)(=O)c1ccccc1)N(C)CCOc1ccc(Cl)cc1.I. The van der Waals surface area contributed by atoms with E-state index in [-0.39, 0.29) is 36.3 Å². The molecule has 0 aromatic heterocycles. The zero-order valence-electron chi connectivity index (χ0n) is 15.8. The van der Waals surface area contributed by atoms with Gasteiger partial charge in [-0.05, 0) is 36.4 Å². The molecule has 28 heavy (non-hydrogen) atoms. The fourth-order valence-corrected chi connectivity index (χ4v) is 3.67. The van der Waals surface area contributed by atoms with Gasteiger partial charge >= 0.3 is 0 Å². The van der Waals surface area contributed by atoms with Crippen LogP contribution in [0.2, 0.25) is 5.02 Å². The normalized spacial score (nSPS) is 11.5. The third kappa shape index (κ3) is 7.84. The summed E-state index contributed by atoms with van der Waals surface area (Å²) in [5.74, 6) is 1.34. The van der Waals surface area contributed by atoms with Crippen LogP contribution in [0.25, 0.3) is 0 Å². The number of rotatable bonds is 8. The van der Waals surface area contributed by atoms with Crippen LogP contribution in [0.4, 0.5) is 0 Å². The van der Waals surface area contributed by atoms with E-state index < -0.39 is 9.84 Å². The quantitative estimate of drug-likeness (QED) is 0.318. The van der Waals surface area contributed by atoms with Crippen molar-refractivity contribution in [3.05, 3.63) is 59.6 Å². The van der Waals surface area contributed by atoms with E-state index in [1.54, 1.807) is 49.5 Å². The number of hydrogen-bond donors (Lipinski definition) is 1. The van der Waals surface area contributed by atoms with Gasteiger partial charge in [0.1, 0.15) is 12.4 Å². The minimum atomic E-state index is -3.32. The van der Waals surface area contributed by atoms with Gasteiger partial charge in [0.25, 0.3) is 0 Å². The molecular weight excluding hydrogens is 513 g/mol. The van der Waals surface area contributed by atoms with Gasteiger partial charge in [-0.2, -0.15) is 0 Å². The van der Waals surface area contributed by atoms with Crippen molar-refractivity contribution < 1.29 is 13.2 Å². The van der Waals surface area contributed by atoms with Crippen molar-refractivity contribution >= 4 is 51.4 Å². The molecule has 0 bridgehead atoms. The minimum Gasteiger partial charge on any atom is -0.492 e. The van der Waals surface area contributed by atoms with Crippen molar-refractivity contribution in [3.63, 3.8) is 0 Å². The van der Waals surface area contributed by atoms with Gasteiger partial charge in [-0.1, -0.05) is 29.8 Å². The summed E-state index contributed by atoms with van der Waals surface area (Å²) in [4.78, 5) is 6.39. The first-order valence-electron chi connectivity index (χ1n) is 8.50. The van der Waals surface area contributed by atoms with Crippen LogP contribution >= 0.6 is 35.6 Å². The molecule has 2 rings (SSSR count). The Morgan fingerprint density at radius 2 is 1.79 bits per heavy atom. The highest BCUT2D eigenvalue weighted by molar-refractivity contribution is 14.0. The summed E-state index contributed by atoms with van der Waals surface area (Å²) in [6.07, 6.45) is 0. The van der Waals surface area contributed by atoms with Crippen LogP contribution in [0.3, 0.4) is 0 Å². The van der Waals surface area contributed by atoms with Crippen molar-refractivity contribution in [1.29, 1.82) is 0 Å². The Kier molecular flexibility index (Phi) is 10.6. The van der Waals surface area contributed by atoms with Crippen molar-refractivity contribution in [3.8, 4) is 5.75 Å². The van der Waals surface area contributed by atoms with Crippen molar-refractivity contribution in [1.82, 2.24) is 10.2 Å². The Labute approximate surface area is 188 Å². The molecule has 0 spiro atoms. The molecule has 9 heteroatoms. The number of halogens is 2. The first-order valence-corrected chi connectivity index (χ1v) is 10.5. The summed E-state index contributed by atoms with van der Waals surface area (Å²) < 4.78 is 30.3. The molecule has 6 nitrogen and oxygen atoms in total. The highest BCUT2D eigenvalue weighted by Gasteiger charge is 2.14. The monoisotopic (exact) mass is 537 g/mol. The second-order valence-electron chi connectivity index (χ2n) is 5.83. The second kappa shape index (κ2) is 12.1. The average molecular weight is 538 g/mol. The molecule has 2 aromatic carbocycles. The lowest BCUT2D eigenvalue weighted by Crippen LogP contribution is -2.42. The van der Waals surface area contributed by atoms with Crippen LogP contribution < -0.4 is 10.1 Å². The Morgan fingerprint density at radius 1 is 1.14 bits per heavy atom. The van der Waals surface area contributed by atoms with Gasteiger partial charge < -0.3 is 15.0 Å². The topological polar surface area (TPSA) is 71.0 Å². The summed E-state index contributed by atoms with van der Waals surface area (Å²) in [6, 6.07) is 15.6. The summed E-state index contributed by atoms with van der Waals surface area (Å²) >= 11 is 5.85. The van der Waals surface area contributed by atoms with Crippen LogP contribution in [0.5, 0.6) is 5.75 Å². The highest BCUT2D eigenvalue weighted by Crippen LogP contribution is 2.15. The van der Waals surface area contributed by atoms with Crippen LogP contribution in [0.15, 0.2) is 64.5 Å². The van der Waals surface area contributed by atoms with Crippen molar-refractivity contribution in [2.45, 2.75) is 4.90 Å². The molecular formula is C19H25ClIN3O3S. The lowest BCUT2D eigenvalue weighted by molar-refractivity contribution is 0.281. The number of nitrogens with zero attached hydrogens (tertiary/aromatic N) is 2. The first kappa shape index (κ1) is 24.5. The molecule has 0 radical (unpaired) electrons. The Hall–Kier alpha value is -1.52. The molecule has 0 amide bonds. The van der Waals surface area contributed by atoms with Gasteiger partial charge in [-0.25, -0.2) is 8.42 Å². The van der Waals surface area contributed by atoms with Crippen molar-refractivity contribution in [2.75, 3.05) is 39.5 Å². The van der Waals surface area contributed by atoms with Gasteiger partial charge in [-0.15, -0.1) is 24.0 Å². The molecule has 0 saturated carbocycles. The van der Waals surface area contributed by atoms with Gasteiger partial charge in [0.05, 0.1) is 17.2 Å². The molecule has 0 aliphatic carbocycles. The largest absolute Gasteiger partial charge is 0.492 e. The summed E-state index contributed by atoms with van der Waals surface area (Å²) in [7, 11) is 0.207. The third-order valence-corrected chi connectivity index (χ3v) is 5.82. The summed E-state index contributed by atoms with van der Waals surface area (Å²) in [5.41, 5.74) is 0. The second-order valence-corrected chi connectivity index (χ2v) is 8.38. The predicted molar refractivity (Wildman–Crippen MR) is 125 cm³/mol. The minimum absolute atomic E-state index is 0. The fraction of sp³-hybridized carbons (Fsp3) is 0.316. The maximum absolute atomic E-state index is 12.3. The molecule has 0 aliphatic heterocycles. The van der Waals surface area contributed by atoms with Gasteiger partial charge in [0.15, 0.2) is 15.8 Å². The van der Waals surface area contributed by atoms with Crippen LogP contribution in [0.1, 0.15) is 0 Å². The number of hydrogen-bond acceptors (Lipinski definition) is 4. The molecule has 0 unspecified atom stereocenters. The molecule has 0 fully saturated rings. The molecule has 0 saturated heterocycles. The van der Waals surface area contributed by atoms with Gasteiger partial charge in [0, 0.05) is 25.7 Å². The van der Waals surface area contributed by atoms with E-state index in [1.165, 1.54) is 0 Å². The Bertz CT molecular complexity index is 846. The Morgan fingerprint density at radius 3 is 2.39 bits per heavy atom. The maximum Gasteiger partial charge on any atom is 0.193 e. The van der Waals surface area contributed by atoms with Gasteiger partial charge in [-0.3, -0.25) is 4.99 Å². The fourth-order valence-electron chi connectivity index (χ4n) is 2.36. The molecule has 0 heterocycles. The molecule has 0 atom stereocenters. The number of sulfone groups is 1. The Balaban J connectivity index is 0.00000392. The van der Waals surface area contributed by atoms with Crippen LogP contribution in [0, 0.1) is 0 Å². The number of nitrogens with one attached hydrogen (secondary N) is 1. The standard InChI is InChI=1S/C19H24ClN3O3S.HI/c1-21-19(22-12-15-27(24,25)18-6-4-3-5-7-18)23(2)13-14-26-17-10-8-16(20)9-11-17;/h3-11H,12-15H2,1-2H3,(H,21,22);1H. The van der Waals surface area contributed by atoms with E-state index in [2.05, 4.69) is 10.3 Å². The molecule has 0 aliphatic rings. The highest BCUT2D eigenvalue weighted by atomic mass is 127. The maximum atomic E-state index is 12.3. The third-order valence-electron chi connectivity index (χ3n) is 3.84. The van der Waals surface area contributed by atoms with Crippen LogP contribution in [-0.2, 0) is 9.84 Å². The smallest absolute Gasteiger partial charge is 0.193 e. The molecule has 1 N–H and O–H groups in total. The van der Waals surface area contributed by atoms with Crippen LogP contribution in [-0.4, -0.2) is 58.8 Å². The number of guanidine groups is 1. The predicted octanol–water partition coefficient (Wildman–Crippen LogP) is 3.32. The van der Waals surface area contributed by atoms with E-state index in [4.69, 9.17) is 16.3 Å². The lowest BCUT2D eigenvalue weighted by atomic mass is 10.3. The lowest BCUT2D eigenvalue weighted by Gasteiger charge is -2.22. The molecule has 154 valence electrons. The summed E-state index contributed by atoms with van der Waals surface area (Å²) in [6.45, 7) is 1.32. The van der Waals surface area contributed by atoms with Gasteiger partial charge in [0.2, 0.25) is 0 Å². The summed E-state index contributed by atoms with van der Waals surface area (Å²) in [5, 5.41) is 3.74. The van der Waals surface area contributed by atoms with Crippen molar-refractivity contribution in [2.24, 2.45) is 4.99 Å².